The molecule has 15 heavy (non-hydrogen) atoms. The van der Waals surface area contributed by atoms with Gasteiger partial charge < -0.3 is 14.9 Å². The lowest BCUT2D eigenvalue weighted by Gasteiger charge is -2.20. The van der Waals surface area contributed by atoms with Crippen molar-refractivity contribution in [3.8, 4) is 0 Å². The van der Waals surface area contributed by atoms with Gasteiger partial charge in [-0.05, 0) is 27.2 Å². The minimum absolute atomic E-state index is 0.0641. The maximum atomic E-state index is 11.3. The largest absolute Gasteiger partial charge is 0.481 e. The molecule has 0 saturated carbocycles. The minimum atomic E-state index is -1.09. The van der Waals surface area contributed by atoms with Crippen molar-refractivity contribution in [1.29, 1.82) is 0 Å². The minimum Gasteiger partial charge on any atom is -0.481 e. The molecule has 0 rings (SSSR count). The summed E-state index contributed by atoms with van der Waals surface area (Å²) in [5, 5.41) is 17.3. The van der Waals surface area contributed by atoms with Crippen LogP contribution in [0.2, 0.25) is 0 Å². The fourth-order valence-corrected chi connectivity index (χ4v) is 1.05. The van der Waals surface area contributed by atoms with Crippen molar-refractivity contribution >= 4 is 11.9 Å². The molecule has 0 aromatic carbocycles. The lowest BCUT2D eigenvalue weighted by molar-refractivity contribution is -0.160. The zero-order chi connectivity index (χ0) is 12.1. The van der Waals surface area contributed by atoms with Crippen molar-refractivity contribution in [3.05, 3.63) is 0 Å². The molecule has 88 valence electrons. The summed E-state index contributed by atoms with van der Waals surface area (Å²) >= 11 is 0. The first-order chi connectivity index (χ1) is 6.76. The van der Waals surface area contributed by atoms with E-state index >= 15 is 0 Å². The predicted octanol–water partition coefficient (Wildman–Crippen LogP) is 0.801. The highest BCUT2D eigenvalue weighted by atomic mass is 16.6. The topological polar surface area (TPSA) is 83.8 Å². The van der Waals surface area contributed by atoms with Crippen molar-refractivity contribution in [2.24, 2.45) is 5.92 Å². The molecule has 0 radical (unpaired) electrons. The van der Waals surface area contributed by atoms with E-state index in [4.69, 9.17) is 14.9 Å². The summed E-state index contributed by atoms with van der Waals surface area (Å²) in [5.41, 5.74) is -0.612. The zero-order valence-corrected chi connectivity index (χ0v) is 9.32. The smallest absolute Gasteiger partial charge is 0.307 e. The van der Waals surface area contributed by atoms with E-state index in [1.165, 1.54) is 0 Å². The normalized spacial score (nSPS) is 13.3. The molecule has 0 fully saturated rings. The summed E-state index contributed by atoms with van der Waals surface area (Å²) in [5.74, 6) is -2.51. The van der Waals surface area contributed by atoms with Crippen LogP contribution in [-0.4, -0.2) is 34.4 Å². The van der Waals surface area contributed by atoms with E-state index in [0.717, 1.165) is 0 Å². The molecule has 2 N–H and O–H groups in total. The highest BCUT2D eigenvalue weighted by molar-refractivity contribution is 5.78. The molecule has 0 amide bonds. The first-order valence-corrected chi connectivity index (χ1v) is 4.82. The second-order valence-electron chi connectivity index (χ2n) is 4.34. The van der Waals surface area contributed by atoms with Crippen LogP contribution >= 0.6 is 0 Å². The Labute approximate surface area is 89.0 Å². The molecule has 0 saturated heterocycles. The van der Waals surface area contributed by atoms with E-state index in [-0.39, 0.29) is 19.4 Å². The van der Waals surface area contributed by atoms with Crippen molar-refractivity contribution in [1.82, 2.24) is 0 Å². The van der Waals surface area contributed by atoms with Crippen LogP contribution in [0, 0.1) is 5.92 Å². The molecule has 0 unspecified atom stereocenters. The van der Waals surface area contributed by atoms with Gasteiger partial charge in [0.2, 0.25) is 0 Å². The Balaban J connectivity index is 4.18. The van der Waals surface area contributed by atoms with Gasteiger partial charge in [0.15, 0.2) is 0 Å². The molecule has 0 aliphatic heterocycles. The van der Waals surface area contributed by atoms with Crippen LogP contribution < -0.4 is 0 Å². The molecule has 5 heteroatoms. The summed E-state index contributed by atoms with van der Waals surface area (Å²) < 4.78 is 4.98. The van der Waals surface area contributed by atoms with Gasteiger partial charge in [0.25, 0.3) is 0 Å². The van der Waals surface area contributed by atoms with E-state index in [9.17, 15) is 9.59 Å². The monoisotopic (exact) mass is 218 g/mol. The van der Waals surface area contributed by atoms with Crippen LogP contribution in [0.1, 0.15) is 33.6 Å². The lowest BCUT2D eigenvalue weighted by Crippen LogP contribution is -2.27. The summed E-state index contributed by atoms with van der Waals surface area (Å²) in [6, 6.07) is 0. The zero-order valence-electron chi connectivity index (χ0n) is 9.32. The number of rotatable bonds is 5. The van der Waals surface area contributed by atoms with Crippen molar-refractivity contribution in [2.45, 2.75) is 39.2 Å². The number of carboxylic acids is 1. The van der Waals surface area contributed by atoms with E-state index < -0.39 is 23.5 Å². The number of carbonyl (C=O) groups excluding carboxylic acids is 1. The van der Waals surface area contributed by atoms with Crippen LogP contribution in [0.15, 0.2) is 0 Å². The Morgan fingerprint density at radius 2 is 1.87 bits per heavy atom. The third-order valence-electron chi connectivity index (χ3n) is 1.66. The molecule has 0 heterocycles. The van der Waals surface area contributed by atoms with Gasteiger partial charge in [-0.3, -0.25) is 9.59 Å². The van der Waals surface area contributed by atoms with Crippen LogP contribution in [0.3, 0.4) is 0 Å². The number of aliphatic hydroxyl groups is 1. The standard InChI is InChI=1S/C10H18O5/c1-10(2,3)15-8(12)6-7(4-5-11)9(13)14/h7,11H,4-6H2,1-3H3,(H,13,14)/t7-/m1/s1. The number of carboxylic acid groups (broad SMARTS) is 1. The molecule has 0 aromatic heterocycles. The van der Waals surface area contributed by atoms with Crippen molar-refractivity contribution in [3.63, 3.8) is 0 Å². The molecule has 1 atom stereocenters. The van der Waals surface area contributed by atoms with Gasteiger partial charge in [0.05, 0.1) is 12.3 Å². The number of carbonyl (C=O) groups is 2. The Morgan fingerprint density at radius 1 is 1.33 bits per heavy atom. The quantitative estimate of drug-likeness (QED) is 0.667. The molecule has 5 nitrogen and oxygen atoms in total. The number of aliphatic carboxylic acids is 1. The maximum Gasteiger partial charge on any atom is 0.307 e. The van der Waals surface area contributed by atoms with Gasteiger partial charge in [-0.1, -0.05) is 0 Å². The number of aliphatic hydroxyl groups excluding tert-OH is 1. The average molecular weight is 218 g/mol. The van der Waals surface area contributed by atoms with Gasteiger partial charge in [0.1, 0.15) is 5.60 Å². The Bertz CT molecular complexity index is 228. The van der Waals surface area contributed by atoms with Crippen molar-refractivity contribution < 1.29 is 24.5 Å². The summed E-state index contributed by atoms with van der Waals surface area (Å²) in [6.45, 7) is 4.89. The molecular weight excluding hydrogens is 200 g/mol. The molecule has 0 aliphatic carbocycles. The van der Waals surface area contributed by atoms with E-state index in [0.29, 0.717) is 0 Å². The Kier molecular flexibility index (Phi) is 5.28. The van der Waals surface area contributed by atoms with Gasteiger partial charge in [-0.15, -0.1) is 0 Å². The highest BCUT2D eigenvalue weighted by Gasteiger charge is 2.24. The number of hydrogen-bond acceptors (Lipinski definition) is 4. The summed E-state index contributed by atoms with van der Waals surface area (Å²) in [7, 11) is 0. The summed E-state index contributed by atoms with van der Waals surface area (Å²) in [4.78, 5) is 22.0. The maximum absolute atomic E-state index is 11.3. The van der Waals surface area contributed by atoms with Gasteiger partial charge in [0, 0.05) is 6.61 Å². The van der Waals surface area contributed by atoms with Crippen LogP contribution in [0.5, 0.6) is 0 Å². The number of esters is 1. The van der Waals surface area contributed by atoms with E-state index in [2.05, 4.69) is 0 Å². The fraction of sp³-hybridized carbons (Fsp3) is 0.800. The fourth-order valence-electron chi connectivity index (χ4n) is 1.05. The Hall–Kier alpha value is -1.10. The van der Waals surface area contributed by atoms with E-state index in [1.54, 1.807) is 20.8 Å². The highest BCUT2D eigenvalue weighted by Crippen LogP contribution is 2.14. The average Bonchev–Trinajstić information content (AvgIpc) is 1.99. The van der Waals surface area contributed by atoms with Crippen LogP contribution in [0.4, 0.5) is 0 Å². The van der Waals surface area contributed by atoms with Gasteiger partial charge >= 0.3 is 11.9 Å². The number of ether oxygens (including phenoxy) is 1. The SMILES string of the molecule is CC(C)(C)OC(=O)C[C@@H](CCO)C(=O)O. The Morgan fingerprint density at radius 3 is 2.20 bits per heavy atom. The molecule has 0 aliphatic rings. The van der Waals surface area contributed by atoms with Gasteiger partial charge in [-0.2, -0.15) is 0 Å². The molecule has 0 spiro atoms. The van der Waals surface area contributed by atoms with Gasteiger partial charge in [-0.25, -0.2) is 0 Å². The first-order valence-electron chi connectivity index (χ1n) is 4.82. The van der Waals surface area contributed by atoms with E-state index in [1.807, 2.05) is 0 Å². The summed E-state index contributed by atoms with van der Waals surface area (Å²) in [6.07, 6.45) is -0.137. The third-order valence-corrected chi connectivity index (χ3v) is 1.66. The van der Waals surface area contributed by atoms with Crippen LogP contribution in [-0.2, 0) is 14.3 Å². The molecule has 0 aromatic rings. The second kappa shape index (κ2) is 5.70. The molecular formula is C10H18O5. The lowest BCUT2D eigenvalue weighted by atomic mass is 10.0. The first kappa shape index (κ1) is 13.9. The second-order valence-corrected chi connectivity index (χ2v) is 4.34. The predicted molar refractivity (Wildman–Crippen MR) is 53.3 cm³/mol. The number of hydrogen-bond donors (Lipinski definition) is 2. The van der Waals surface area contributed by atoms with Crippen LogP contribution in [0.25, 0.3) is 0 Å². The van der Waals surface area contributed by atoms with Crippen molar-refractivity contribution in [2.75, 3.05) is 6.61 Å². The third kappa shape index (κ3) is 6.90. The molecule has 0 bridgehead atoms.